The lowest BCUT2D eigenvalue weighted by Crippen LogP contribution is -2.42. The van der Waals surface area contributed by atoms with Crippen LogP contribution in [0.15, 0.2) is 66.7 Å². The van der Waals surface area contributed by atoms with E-state index in [0.29, 0.717) is 28.1 Å². The van der Waals surface area contributed by atoms with Crippen LogP contribution < -0.4 is 19.1 Å². The first kappa shape index (κ1) is 29.8. The minimum atomic E-state index is -4.87. The van der Waals surface area contributed by atoms with Crippen molar-refractivity contribution in [2.45, 2.75) is 50.7 Å². The van der Waals surface area contributed by atoms with Crippen LogP contribution in [0.2, 0.25) is 0 Å². The van der Waals surface area contributed by atoms with Gasteiger partial charge in [0.05, 0.1) is 18.3 Å². The molecular weight excluding hydrogens is 575 g/mol. The van der Waals surface area contributed by atoms with Crippen LogP contribution in [0.5, 0.6) is 17.2 Å². The first-order valence-corrected chi connectivity index (χ1v) is 12.9. The van der Waals surface area contributed by atoms with Gasteiger partial charge in [0.15, 0.2) is 11.5 Å². The summed E-state index contributed by atoms with van der Waals surface area (Å²) in [6.45, 7) is 4.01. The summed E-state index contributed by atoms with van der Waals surface area (Å²) >= 11 is 0. The summed E-state index contributed by atoms with van der Waals surface area (Å²) in [5, 5.41) is 0. The van der Waals surface area contributed by atoms with Crippen LogP contribution in [0.25, 0.3) is 11.1 Å². The molecule has 2 atom stereocenters. The van der Waals surface area contributed by atoms with E-state index in [9.17, 15) is 30.7 Å². The largest absolute Gasteiger partial charge is 0.573 e. The van der Waals surface area contributed by atoms with E-state index in [1.807, 2.05) is 4.90 Å². The number of alkyl halides is 7. The van der Waals surface area contributed by atoms with Crippen molar-refractivity contribution in [3.63, 3.8) is 0 Å². The van der Waals surface area contributed by atoms with Gasteiger partial charge in [0, 0.05) is 12.1 Å². The first-order valence-electron chi connectivity index (χ1n) is 12.9. The molecule has 13 heteroatoms. The summed E-state index contributed by atoms with van der Waals surface area (Å²) in [6.07, 6.45) is -14.0. The molecule has 0 unspecified atom stereocenters. The maximum absolute atomic E-state index is 13.6. The van der Waals surface area contributed by atoms with E-state index in [2.05, 4.69) is 9.47 Å². The Bertz CT molecular complexity index is 1420. The third-order valence-corrected chi connectivity index (χ3v) is 6.66. The summed E-state index contributed by atoms with van der Waals surface area (Å²) < 4.78 is 118. The van der Waals surface area contributed by atoms with Gasteiger partial charge in [-0.3, -0.25) is 0 Å². The molecule has 2 aliphatic heterocycles. The molecule has 6 nitrogen and oxygen atoms in total. The molecular formula is C29H26F7NO5. The van der Waals surface area contributed by atoms with Crippen LogP contribution in [-0.4, -0.2) is 50.5 Å². The second-order valence-electron chi connectivity index (χ2n) is 10.2. The van der Waals surface area contributed by atoms with Gasteiger partial charge in [-0.05, 0) is 55.3 Å². The van der Waals surface area contributed by atoms with E-state index in [1.54, 1.807) is 44.2 Å². The normalized spacial score (nSPS) is 20.3. The Morgan fingerprint density at radius 2 is 1.60 bits per heavy atom. The van der Waals surface area contributed by atoms with Crippen molar-refractivity contribution in [3.05, 3.63) is 72.3 Å². The van der Waals surface area contributed by atoms with Crippen LogP contribution in [0.4, 0.5) is 36.4 Å². The molecule has 3 aromatic carbocycles. The molecule has 42 heavy (non-hydrogen) atoms. The number of hydrogen-bond donors (Lipinski definition) is 0. The van der Waals surface area contributed by atoms with Crippen molar-refractivity contribution in [2.75, 3.05) is 24.7 Å². The maximum Gasteiger partial charge on any atom is 0.573 e. The highest BCUT2D eigenvalue weighted by Crippen LogP contribution is 2.46. The molecule has 2 aliphatic rings. The van der Waals surface area contributed by atoms with Gasteiger partial charge in [-0.1, -0.05) is 36.4 Å². The highest BCUT2D eigenvalue weighted by atomic mass is 19.4. The van der Waals surface area contributed by atoms with E-state index in [0.717, 1.165) is 6.07 Å². The molecule has 2 heterocycles. The molecule has 226 valence electrons. The van der Waals surface area contributed by atoms with Gasteiger partial charge in [-0.15, -0.1) is 13.2 Å². The fourth-order valence-corrected chi connectivity index (χ4v) is 4.97. The van der Waals surface area contributed by atoms with Crippen LogP contribution >= 0.6 is 0 Å². The third-order valence-electron chi connectivity index (χ3n) is 6.66. The molecule has 0 bridgehead atoms. The lowest BCUT2D eigenvalue weighted by atomic mass is 9.98. The van der Waals surface area contributed by atoms with Crippen molar-refractivity contribution >= 4 is 5.69 Å². The number of para-hydroxylation sites is 1. The van der Waals surface area contributed by atoms with Gasteiger partial charge in [0.1, 0.15) is 24.2 Å². The molecule has 0 saturated carbocycles. The zero-order valence-electron chi connectivity index (χ0n) is 22.3. The SMILES string of the molecule is CC1(C)OC[C@H](CN2c3cccc(-c4cccc(OC(F)(F)F)c4)c3OC[C@@H]2c2cccc(OC(F)(F)C(F)F)c2)O1. The van der Waals surface area contributed by atoms with Crippen molar-refractivity contribution in [1.29, 1.82) is 0 Å². The smallest absolute Gasteiger partial charge is 0.488 e. The zero-order chi connectivity index (χ0) is 30.3. The standard InChI is InChI=1S/C29H26F7NO5/c1-27(2)39-15-21(40-27)14-37-23-11-5-10-22(17-6-3-9-20(12-17)42-29(34,35)36)25(23)38-16-24(37)18-7-4-8-19(13-18)41-28(32,33)26(30)31/h3-13,21,24,26H,14-16H2,1-2H3/t21-,24+/m0/s1. The molecule has 3 aromatic rings. The third kappa shape index (κ3) is 6.67. The Morgan fingerprint density at radius 3 is 2.26 bits per heavy atom. The molecule has 0 spiro atoms. The molecule has 0 amide bonds. The summed E-state index contributed by atoms with van der Waals surface area (Å²) in [4.78, 5) is 1.90. The van der Waals surface area contributed by atoms with Crippen molar-refractivity contribution < 1.29 is 54.4 Å². The van der Waals surface area contributed by atoms with Gasteiger partial charge in [0.2, 0.25) is 0 Å². The Labute approximate surface area is 236 Å². The van der Waals surface area contributed by atoms with Crippen molar-refractivity contribution in [2.24, 2.45) is 0 Å². The molecule has 0 aromatic heterocycles. The lowest BCUT2D eigenvalue weighted by molar-refractivity contribution is -0.274. The predicted molar refractivity (Wildman–Crippen MR) is 137 cm³/mol. The summed E-state index contributed by atoms with van der Waals surface area (Å²) in [5.74, 6) is -1.34. The van der Waals surface area contributed by atoms with Gasteiger partial charge >= 0.3 is 18.9 Å². The van der Waals surface area contributed by atoms with Gasteiger partial charge < -0.3 is 28.6 Å². The van der Waals surface area contributed by atoms with E-state index < -0.39 is 48.3 Å². The lowest BCUT2D eigenvalue weighted by Gasteiger charge is -2.40. The average molecular weight is 602 g/mol. The number of ether oxygens (including phenoxy) is 5. The minimum Gasteiger partial charge on any atom is -0.488 e. The number of halogens is 7. The van der Waals surface area contributed by atoms with Crippen molar-refractivity contribution in [1.82, 2.24) is 0 Å². The maximum atomic E-state index is 13.6. The van der Waals surface area contributed by atoms with Crippen LogP contribution in [0.3, 0.4) is 0 Å². The van der Waals surface area contributed by atoms with E-state index in [-0.39, 0.29) is 19.8 Å². The van der Waals surface area contributed by atoms with Gasteiger partial charge in [-0.2, -0.15) is 17.6 Å². The second kappa shape index (κ2) is 11.2. The zero-order valence-corrected chi connectivity index (χ0v) is 22.3. The Morgan fingerprint density at radius 1 is 0.905 bits per heavy atom. The molecule has 1 fully saturated rings. The highest BCUT2D eigenvalue weighted by molar-refractivity contribution is 5.80. The predicted octanol–water partition coefficient (Wildman–Crippen LogP) is 7.58. The Kier molecular flexibility index (Phi) is 7.92. The molecule has 1 saturated heterocycles. The topological polar surface area (TPSA) is 49.4 Å². The number of rotatable bonds is 8. The number of nitrogens with zero attached hydrogens (tertiary/aromatic N) is 1. The molecule has 0 aliphatic carbocycles. The van der Waals surface area contributed by atoms with Crippen LogP contribution in [0, 0.1) is 0 Å². The Balaban J connectivity index is 1.52. The monoisotopic (exact) mass is 601 g/mol. The van der Waals surface area contributed by atoms with Gasteiger partial charge in [-0.25, -0.2) is 0 Å². The highest BCUT2D eigenvalue weighted by Gasteiger charge is 2.44. The van der Waals surface area contributed by atoms with E-state index in [4.69, 9.17) is 14.2 Å². The fourth-order valence-electron chi connectivity index (χ4n) is 4.97. The van der Waals surface area contributed by atoms with Crippen molar-refractivity contribution in [3.8, 4) is 28.4 Å². The Hall–Kier alpha value is -3.71. The van der Waals surface area contributed by atoms with E-state index >= 15 is 0 Å². The molecule has 5 rings (SSSR count). The quantitative estimate of drug-likeness (QED) is 0.248. The molecule has 0 N–H and O–H groups in total. The number of benzene rings is 3. The summed E-state index contributed by atoms with van der Waals surface area (Å²) in [6, 6.07) is 15.4. The first-order chi connectivity index (χ1) is 19.7. The van der Waals surface area contributed by atoms with Crippen LogP contribution in [0.1, 0.15) is 25.5 Å². The van der Waals surface area contributed by atoms with Gasteiger partial charge in [0.25, 0.3) is 0 Å². The van der Waals surface area contributed by atoms with E-state index in [1.165, 1.54) is 30.3 Å². The van der Waals surface area contributed by atoms with Crippen LogP contribution in [-0.2, 0) is 9.47 Å². The summed E-state index contributed by atoms with van der Waals surface area (Å²) in [5.41, 5.74) is 1.87. The second-order valence-corrected chi connectivity index (χ2v) is 10.2. The minimum absolute atomic E-state index is 0.0194. The average Bonchev–Trinajstić information content (AvgIpc) is 3.25. The fraction of sp³-hybridized carbons (Fsp3) is 0.379. The summed E-state index contributed by atoms with van der Waals surface area (Å²) in [7, 11) is 0. The molecule has 0 radical (unpaired) electrons. The number of anilines is 1. The number of hydrogen-bond acceptors (Lipinski definition) is 6. The number of fused-ring (bicyclic) bond motifs is 1.